The maximum Gasteiger partial charge on any atom is 0.0386 e. The highest BCUT2D eigenvalue weighted by Crippen LogP contribution is 2.37. The van der Waals surface area contributed by atoms with E-state index in [1.807, 2.05) is 0 Å². The lowest BCUT2D eigenvalue weighted by Crippen LogP contribution is -2.24. The van der Waals surface area contributed by atoms with Crippen molar-refractivity contribution < 1.29 is 0 Å². The van der Waals surface area contributed by atoms with Gasteiger partial charge in [-0.1, -0.05) is 6.92 Å². The highest BCUT2D eigenvalue weighted by Gasteiger charge is 2.28. The first-order chi connectivity index (χ1) is 8.74. The number of fused-ring (bicyclic) bond motifs is 1. The topological polar surface area (TPSA) is 12.0 Å². The van der Waals surface area contributed by atoms with E-state index in [-0.39, 0.29) is 0 Å². The summed E-state index contributed by atoms with van der Waals surface area (Å²) in [6.45, 7) is 5.92. The molecule has 2 unspecified atom stereocenters. The Morgan fingerprint density at radius 1 is 1.28 bits per heavy atom. The van der Waals surface area contributed by atoms with Crippen molar-refractivity contribution in [2.24, 2.45) is 11.8 Å². The largest absolute Gasteiger partial charge is 0.309 e. The number of hydrogen-bond acceptors (Lipinski definition) is 2. The second kappa shape index (κ2) is 5.34. The Labute approximate surface area is 115 Å². The van der Waals surface area contributed by atoms with E-state index in [0.29, 0.717) is 6.04 Å². The summed E-state index contributed by atoms with van der Waals surface area (Å²) >= 11 is 2.06. The van der Waals surface area contributed by atoms with E-state index < -0.39 is 0 Å². The van der Waals surface area contributed by atoms with Crippen molar-refractivity contribution in [2.45, 2.75) is 58.4 Å². The van der Waals surface area contributed by atoms with Gasteiger partial charge in [-0.05, 0) is 75.5 Å². The Morgan fingerprint density at radius 2 is 2.06 bits per heavy atom. The Bertz CT molecular complexity index is 382. The number of thiophene rings is 1. The van der Waals surface area contributed by atoms with Crippen LogP contribution >= 0.6 is 11.3 Å². The highest BCUT2D eigenvalue weighted by molar-refractivity contribution is 7.12. The molecule has 1 aromatic heterocycles. The molecule has 100 valence electrons. The fraction of sp³-hybridized carbons (Fsp3) is 0.750. The molecule has 0 aromatic carbocycles. The van der Waals surface area contributed by atoms with Gasteiger partial charge in [0.05, 0.1) is 0 Å². The molecule has 0 radical (unpaired) electrons. The van der Waals surface area contributed by atoms with Gasteiger partial charge in [-0.2, -0.15) is 0 Å². The first kappa shape index (κ1) is 12.7. The molecule has 0 amide bonds. The number of nitrogens with one attached hydrogen (secondary N) is 1. The van der Waals surface area contributed by atoms with Gasteiger partial charge in [0, 0.05) is 15.8 Å². The van der Waals surface area contributed by atoms with E-state index >= 15 is 0 Å². The number of aryl methyl sites for hydroxylation is 2. The minimum atomic E-state index is 0.543. The van der Waals surface area contributed by atoms with Crippen molar-refractivity contribution >= 4 is 11.3 Å². The lowest BCUT2D eigenvalue weighted by atomic mass is 9.99. The van der Waals surface area contributed by atoms with E-state index in [2.05, 4.69) is 36.6 Å². The van der Waals surface area contributed by atoms with E-state index in [9.17, 15) is 0 Å². The summed E-state index contributed by atoms with van der Waals surface area (Å²) in [5, 5.41) is 3.74. The number of hydrogen-bond donors (Lipinski definition) is 1. The maximum absolute atomic E-state index is 3.74. The molecule has 1 heterocycles. The molecule has 2 atom stereocenters. The first-order valence-corrected chi connectivity index (χ1v) is 8.40. The lowest BCUT2D eigenvalue weighted by molar-refractivity contribution is 0.434. The van der Waals surface area contributed by atoms with Gasteiger partial charge in [-0.15, -0.1) is 11.3 Å². The van der Waals surface area contributed by atoms with Crippen LogP contribution in [0.1, 0.15) is 60.9 Å². The first-order valence-electron chi connectivity index (χ1n) is 7.59. The molecule has 1 fully saturated rings. The van der Waals surface area contributed by atoms with Crippen LogP contribution in [0.25, 0.3) is 0 Å². The van der Waals surface area contributed by atoms with Crippen LogP contribution in [-0.2, 0) is 12.8 Å². The average Bonchev–Trinajstić information content (AvgIpc) is 3.14. The van der Waals surface area contributed by atoms with Gasteiger partial charge in [0.2, 0.25) is 0 Å². The van der Waals surface area contributed by atoms with Crippen LogP contribution in [0.3, 0.4) is 0 Å². The fourth-order valence-corrected chi connectivity index (χ4v) is 4.31. The zero-order valence-corrected chi connectivity index (χ0v) is 12.5. The zero-order chi connectivity index (χ0) is 12.5. The van der Waals surface area contributed by atoms with Gasteiger partial charge in [0.15, 0.2) is 0 Å². The smallest absolute Gasteiger partial charge is 0.0386 e. The Balaban J connectivity index is 1.57. The van der Waals surface area contributed by atoms with E-state index in [1.54, 1.807) is 15.3 Å². The van der Waals surface area contributed by atoms with Crippen LogP contribution in [0.15, 0.2) is 6.07 Å². The summed E-state index contributed by atoms with van der Waals surface area (Å²) in [5.41, 5.74) is 1.64. The van der Waals surface area contributed by atoms with E-state index in [1.165, 1.54) is 45.1 Å². The van der Waals surface area contributed by atoms with Crippen LogP contribution in [0.4, 0.5) is 0 Å². The molecule has 2 heteroatoms. The number of rotatable bonds is 5. The van der Waals surface area contributed by atoms with Crippen LogP contribution < -0.4 is 5.32 Å². The molecule has 2 aliphatic carbocycles. The molecule has 0 aliphatic heterocycles. The average molecular weight is 263 g/mol. The quantitative estimate of drug-likeness (QED) is 0.834. The van der Waals surface area contributed by atoms with Crippen molar-refractivity contribution in [2.75, 3.05) is 6.54 Å². The second-order valence-electron chi connectivity index (χ2n) is 6.25. The van der Waals surface area contributed by atoms with Gasteiger partial charge in [-0.3, -0.25) is 0 Å². The Hall–Kier alpha value is -0.340. The molecule has 3 rings (SSSR count). The van der Waals surface area contributed by atoms with Gasteiger partial charge < -0.3 is 5.32 Å². The van der Waals surface area contributed by atoms with Gasteiger partial charge >= 0.3 is 0 Å². The molecular formula is C16H25NS. The summed E-state index contributed by atoms with van der Waals surface area (Å²) in [7, 11) is 0. The molecule has 0 saturated heterocycles. The van der Waals surface area contributed by atoms with E-state index in [0.717, 1.165) is 11.8 Å². The van der Waals surface area contributed by atoms with Crippen molar-refractivity contribution in [3.8, 4) is 0 Å². The molecule has 1 nitrogen and oxygen atoms in total. The maximum atomic E-state index is 3.74. The minimum absolute atomic E-state index is 0.543. The normalized spacial score (nSPS) is 22.6. The van der Waals surface area contributed by atoms with Crippen molar-refractivity contribution in [1.82, 2.24) is 5.32 Å². The standard InChI is InChI=1S/C16H25NS/c1-11(13-7-8-13)10-17-12(2)16-9-14-5-3-4-6-15(14)18-16/h9,11-13,17H,3-8,10H2,1-2H3. The summed E-state index contributed by atoms with van der Waals surface area (Å²) in [5.74, 6) is 1.88. The summed E-state index contributed by atoms with van der Waals surface area (Å²) < 4.78 is 0. The Morgan fingerprint density at radius 3 is 2.78 bits per heavy atom. The third kappa shape index (κ3) is 2.80. The summed E-state index contributed by atoms with van der Waals surface area (Å²) in [6, 6.07) is 3.01. The minimum Gasteiger partial charge on any atom is -0.309 e. The SMILES string of the molecule is CC(NCC(C)C1CC1)c1cc2c(s1)CCCC2. The van der Waals surface area contributed by atoms with Crippen LogP contribution in [0, 0.1) is 11.8 Å². The molecule has 0 spiro atoms. The third-order valence-corrected chi connectivity index (χ3v) is 6.04. The molecule has 1 N–H and O–H groups in total. The third-order valence-electron chi connectivity index (χ3n) is 4.62. The van der Waals surface area contributed by atoms with Crippen molar-refractivity contribution in [1.29, 1.82) is 0 Å². The zero-order valence-electron chi connectivity index (χ0n) is 11.7. The summed E-state index contributed by atoms with van der Waals surface area (Å²) in [4.78, 5) is 3.23. The monoisotopic (exact) mass is 263 g/mol. The molecule has 0 bridgehead atoms. The Kier molecular flexibility index (Phi) is 3.76. The van der Waals surface area contributed by atoms with Crippen molar-refractivity contribution in [3.05, 3.63) is 21.4 Å². The summed E-state index contributed by atoms with van der Waals surface area (Å²) in [6.07, 6.45) is 8.36. The van der Waals surface area contributed by atoms with Gasteiger partial charge in [-0.25, -0.2) is 0 Å². The highest BCUT2D eigenvalue weighted by atomic mass is 32.1. The van der Waals surface area contributed by atoms with Crippen LogP contribution in [0.5, 0.6) is 0 Å². The predicted octanol–water partition coefficient (Wildman–Crippen LogP) is 4.32. The molecule has 1 saturated carbocycles. The van der Waals surface area contributed by atoms with Crippen LogP contribution in [-0.4, -0.2) is 6.54 Å². The van der Waals surface area contributed by atoms with Crippen molar-refractivity contribution in [3.63, 3.8) is 0 Å². The molecule has 2 aliphatic rings. The van der Waals surface area contributed by atoms with Crippen LogP contribution in [0.2, 0.25) is 0 Å². The lowest BCUT2D eigenvalue weighted by Gasteiger charge is -2.16. The molecule has 18 heavy (non-hydrogen) atoms. The molecule has 1 aromatic rings. The van der Waals surface area contributed by atoms with E-state index in [4.69, 9.17) is 0 Å². The van der Waals surface area contributed by atoms with Gasteiger partial charge in [0.1, 0.15) is 0 Å². The predicted molar refractivity (Wildman–Crippen MR) is 79.3 cm³/mol. The molecular weight excluding hydrogens is 238 g/mol. The van der Waals surface area contributed by atoms with Gasteiger partial charge in [0.25, 0.3) is 0 Å². The second-order valence-corrected chi connectivity index (χ2v) is 7.42. The fourth-order valence-electron chi connectivity index (χ4n) is 3.02.